The third-order valence-electron chi connectivity index (χ3n) is 2.76. The van der Waals surface area contributed by atoms with Gasteiger partial charge in [0.2, 0.25) is 0 Å². The number of thiophene rings is 1. The highest BCUT2D eigenvalue weighted by Gasteiger charge is 2.18. The fraction of sp³-hybridized carbons (Fsp3) is 0.214. The van der Waals surface area contributed by atoms with Crippen LogP contribution < -0.4 is 10.5 Å². The third kappa shape index (κ3) is 2.24. The lowest BCUT2D eigenvalue weighted by atomic mass is 10.0. The van der Waals surface area contributed by atoms with E-state index in [1.165, 1.54) is 7.11 Å². The van der Waals surface area contributed by atoms with Gasteiger partial charge in [0.25, 0.3) is 0 Å². The highest BCUT2D eigenvalue weighted by atomic mass is 32.1. The van der Waals surface area contributed by atoms with Crippen molar-refractivity contribution in [3.63, 3.8) is 0 Å². The van der Waals surface area contributed by atoms with Gasteiger partial charge in [-0.1, -0.05) is 0 Å². The van der Waals surface area contributed by atoms with Crippen molar-refractivity contribution in [3.05, 3.63) is 45.1 Å². The van der Waals surface area contributed by atoms with Crippen LogP contribution in [0, 0.1) is 13.8 Å². The first kappa shape index (κ1) is 12.6. The molecule has 0 aliphatic heterocycles. The van der Waals surface area contributed by atoms with E-state index in [1.54, 1.807) is 29.5 Å². The highest BCUT2D eigenvalue weighted by molar-refractivity contribution is 7.12. The predicted octanol–water partition coefficient (Wildman–Crippen LogP) is 3.19. The second-order valence-electron chi connectivity index (χ2n) is 4.12. The predicted molar refractivity (Wildman–Crippen MR) is 74.6 cm³/mol. The number of ketones is 1. The second kappa shape index (κ2) is 4.82. The standard InChI is InChI=1S/C14H15NO2S/c1-8-6-12(9(2)18-8)14(16)11-5-4-10(15)7-13(11)17-3/h4-7H,15H2,1-3H3. The van der Waals surface area contributed by atoms with Crippen LogP contribution in [0.2, 0.25) is 0 Å². The Morgan fingerprint density at radius 3 is 2.50 bits per heavy atom. The number of ether oxygens (including phenoxy) is 1. The van der Waals surface area contributed by atoms with E-state index in [1.807, 2.05) is 19.9 Å². The number of benzene rings is 1. The largest absolute Gasteiger partial charge is 0.496 e. The number of aryl methyl sites for hydroxylation is 2. The molecule has 0 bridgehead atoms. The van der Waals surface area contributed by atoms with Gasteiger partial charge in [0.1, 0.15) is 5.75 Å². The molecule has 1 heterocycles. The third-order valence-corrected chi connectivity index (χ3v) is 3.72. The molecule has 0 saturated carbocycles. The minimum Gasteiger partial charge on any atom is -0.496 e. The van der Waals surface area contributed by atoms with Gasteiger partial charge >= 0.3 is 0 Å². The van der Waals surface area contributed by atoms with Crippen molar-refractivity contribution >= 4 is 22.8 Å². The Morgan fingerprint density at radius 2 is 1.94 bits per heavy atom. The first-order valence-corrected chi connectivity index (χ1v) is 6.40. The zero-order chi connectivity index (χ0) is 13.3. The molecule has 0 spiro atoms. The van der Waals surface area contributed by atoms with Gasteiger partial charge in [-0.25, -0.2) is 0 Å². The van der Waals surface area contributed by atoms with E-state index in [0.29, 0.717) is 17.0 Å². The summed E-state index contributed by atoms with van der Waals surface area (Å²) < 4.78 is 5.22. The zero-order valence-electron chi connectivity index (χ0n) is 10.6. The van der Waals surface area contributed by atoms with Crippen LogP contribution in [0.4, 0.5) is 5.69 Å². The van der Waals surface area contributed by atoms with E-state index in [0.717, 1.165) is 15.3 Å². The van der Waals surface area contributed by atoms with Crippen LogP contribution in [0.3, 0.4) is 0 Å². The van der Waals surface area contributed by atoms with Crippen LogP contribution in [0.5, 0.6) is 5.75 Å². The maximum Gasteiger partial charge on any atom is 0.197 e. The van der Waals surface area contributed by atoms with Gasteiger partial charge in [0.05, 0.1) is 12.7 Å². The lowest BCUT2D eigenvalue weighted by Crippen LogP contribution is -2.04. The van der Waals surface area contributed by atoms with Gasteiger partial charge in [-0.15, -0.1) is 11.3 Å². The molecule has 0 fully saturated rings. The maximum absolute atomic E-state index is 12.5. The van der Waals surface area contributed by atoms with E-state index in [2.05, 4.69) is 0 Å². The van der Waals surface area contributed by atoms with Crippen LogP contribution in [0.1, 0.15) is 25.7 Å². The lowest BCUT2D eigenvalue weighted by molar-refractivity contribution is 0.103. The normalized spacial score (nSPS) is 10.4. The van der Waals surface area contributed by atoms with Crippen molar-refractivity contribution < 1.29 is 9.53 Å². The molecule has 94 valence electrons. The summed E-state index contributed by atoms with van der Waals surface area (Å²) in [6.45, 7) is 3.95. The molecule has 3 nitrogen and oxygen atoms in total. The number of carbonyl (C=O) groups is 1. The van der Waals surface area contributed by atoms with Crippen molar-refractivity contribution in [1.82, 2.24) is 0 Å². The summed E-state index contributed by atoms with van der Waals surface area (Å²) in [6, 6.07) is 7.01. The monoisotopic (exact) mass is 261 g/mol. The first-order valence-electron chi connectivity index (χ1n) is 5.58. The minimum atomic E-state index is -0.0197. The Labute approximate surface area is 110 Å². The van der Waals surface area contributed by atoms with Gasteiger partial charge < -0.3 is 10.5 Å². The van der Waals surface area contributed by atoms with Gasteiger partial charge in [0, 0.05) is 27.1 Å². The van der Waals surface area contributed by atoms with Gasteiger partial charge in [-0.05, 0) is 32.0 Å². The number of carbonyl (C=O) groups excluding carboxylic acids is 1. The van der Waals surface area contributed by atoms with Crippen LogP contribution in [-0.2, 0) is 0 Å². The molecule has 2 rings (SSSR count). The van der Waals surface area contributed by atoms with E-state index >= 15 is 0 Å². The van der Waals surface area contributed by atoms with E-state index in [4.69, 9.17) is 10.5 Å². The lowest BCUT2D eigenvalue weighted by Gasteiger charge is -2.08. The quantitative estimate of drug-likeness (QED) is 0.682. The van der Waals surface area contributed by atoms with Crippen molar-refractivity contribution in [2.75, 3.05) is 12.8 Å². The molecule has 2 aromatic rings. The number of methoxy groups -OCH3 is 1. The number of nitrogen functional groups attached to an aromatic ring is 1. The molecule has 1 aromatic heterocycles. The summed E-state index contributed by atoms with van der Waals surface area (Å²) in [5, 5.41) is 0. The molecule has 0 unspecified atom stereocenters. The molecule has 18 heavy (non-hydrogen) atoms. The van der Waals surface area contributed by atoms with Crippen molar-refractivity contribution in [1.29, 1.82) is 0 Å². The van der Waals surface area contributed by atoms with Gasteiger partial charge in [-0.2, -0.15) is 0 Å². The fourth-order valence-electron chi connectivity index (χ4n) is 1.90. The summed E-state index contributed by atoms with van der Waals surface area (Å²) >= 11 is 1.62. The number of nitrogens with two attached hydrogens (primary N) is 1. The number of anilines is 1. The molecule has 0 aliphatic carbocycles. The molecule has 0 atom stereocenters. The van der Waals surface area contributed by atoms with Crippen molar-refractivity contribution in [2.45, 2.75) is 13.8 Å². The maximum atomic E-state index is 12.5. The van der Waals surface area contributed by atoms with Crippen LogP contribution in [-0.4, -0.2) is 12.9 Å². The van der Waals surface area contributed by atoms with Gasteiger partial charge in [-0.3, -0.25) is 4.79 Å². The summed E-state index contributed by atoms with van der Waals surface area (Å²) in [7, 11) is 1.54. The summed E-state index contributed by atoms with van der Waals surface area (Å²) in [4.78, 5) is 14.6. The van der Waals surface area contributed by atoms with E-state index in [9.17, 15) is 4.79 Å². The van der Waals surface area contributed by atoms with E-state index < -0.39 is 0 Å². The SMILES string of the molecule is COc1cc(N)ccc1C(=O)c1cc(C)sc1C. The Hall–Kier alpha value is -1.81. The molecule has 0 radical (unpaired) electrons. The topological polar surface area (TPSA) is 52.3 Å². The summed E-state index contributed by atoms with van der Waals surface area (Å²) in [5.74, 6) is 0.497. The molecular weight excluding hydrogens is 246 g/mol. The highest BCUT2D eigenvalue weighted by Crippen LogP contribution is 2.28. The Balaban J connectivity index is 2.49. The minimum absolute atomic E-state index is 0.0197. The molecule has 0 amide bonds. The number of hydrogen-bond donors (Lipinski definition) is 1. The number of rotatable bonds is 3. The van der Waals surface area contributed by atoms with Gasteiger partial charge in [0.15, 0.2) is 5.78 Å². The van der Waals surface area contributed by atoms with E-state index in [-0.39, 0.29) is 5.78 Å². The van der Waals surface area contributed by atoms with Crippen molar-refractivity contribution in [3.8, 4) is 5.75 Å². The zero-order valence-corrected chi connectivity index (χ0v) is 11.4. The molecule has 4 heteroatoms. The van der Waals surface area contributed by atoms with Crippen LogP contribution in [0.15, 0.2) is 24.3 Å². The molecule has 1 aromatic carbocycles. The Bertz CT molecular complexity index is 602. The molecule has 0 aliphatic rings. The fourth-order valence-corrected chi connectivity index (χ4v) is 2.82. The summed E-state index contributed by atoms with van der Waals surface area (Å²) in [5.41, 5.74) is 7.56. The summed E-state index contributed by atoms with van der Waals surface area (Å²) in [6.07, 6.45) is 0. The van der Waals surface area contributed by atoms with Crippen LogP contribution >= 0.6 is 11.3 Å². The first-order chi connectivity index (χ1) is 8.52. The van der Waals surface area contributed by atoms with Crippen LogP contribution in [0.25, 0.3) is 0 Å². The molecule has 2 N–H and O–H groups in total. The Kier molecular flexibility index (Phi) is 3.39. The average Bonchev–Trinajstić information content (AvgIpc) is 2.67. The Morgan fingerprint density at radius 1 is 1.22 bits per heavy atom. The number of hydrogen-bond acceptors (Lipinski definition) is 4. The smallest absolute Gasteiger partial charge is 0.197 e. The molecule has 0 saturated heterocycles. The van der Waals surface area contributed by atoms with Crippen molar-refractivity contribution in [2.24, 2.45) is 0 Å². The average molecular weight is 261 g/mol. The second-order valence-corrected chi connectivity index (χ2v) is 5.58. The molecular formula is C14H15NO2S.